The van der Waals surface area contributed by atoms with Crippen LogP contribution in [-0.2, 0) is 11.4 Å². The lowest BCUT2D eigenvalue weighted by Crippen LogP contribution is -2.18. The second-order valence-electron chi connectivity index (χ2n) is 6.70. The van der Waals surface area contributed by atoms with Crippen molar-refractivity contribution < 1.29 is 14.3 Å². The minimum atomic E-state index is 0.324. The van der Waals surface area contributed by atoms with Gasteiger partial charge in [-0.15, -0.1) is 0 Å². The summed E-state index contributed by atoms with van der Waals surface area (Å²) in [6, 6.07) is 15.6. The van der Waals surface area contributed by atoms with Crippen molar-refractivity contribution in [3.05, 3.63) is 54.7 Å². The third kappa shape index (κ3) is 5.51. The molecular weight excluding hydrogens is 368 g/mol. The summed E-state index contributed by atoms with van der Waals surface area (Å²) in [5.41, 5.74) is 2.79. The first-order chi connectivity index (χ1) is 14.1. The van der Waals surface area contributed by atoms with E-state index < -0.39 is 0 Å². The van der Waals surface area contributed by atoms with Crippen LogP contribution < -0.4 is 9.47 Å². The monoisotopic (exact) mass is 394 g/mol. The number of methoxy groups -OCH3 is 1. The van der Waals surface area contributed by atoms with Gasteiger partial charge in [-0.25, -0.2) is 4.99 Å². The first-order valence-corrected chi connectivity index (χ1v) is 9.24. The normalized spacial score (nSPS) is 11.8. The van der Waals surface area contributed by atoms with Gasteiger partial charge in [-0.3, -0.25) is 0 Å². The van der Waals surface area contributed by atoms with Crippen molar-refractivity contribution in [2.75, 3.05) is 34.9 Å². The lowest BCUT2D eigenvalue weighted by molar-refractivity contribution is 0.208. The molecule has 7 heteroatoms. The largest absolute Gasteiger partial charge is 0.497 e. The van der Waals surface area contributed by atoms with Gasteiger partial charge in [0.15, 0.2) is 0 Å². The van der Waals surface area contributed by atoms with Gasteiger partial charge in [0.25, 0.3) is 0 Å². The van der Waals surface area contributed by atoms with Crippen LogP contribution in [0, 0.1) is 0 Å². The minimum absolute atomic E-state index is 0.324. The molecule has 0 N–H and O–H groups in total. The molecule has 1 heterocycles. The molecule has 0 saturated heterocycles. The standard InChI is InChI=1S/C22H26N4O3/c1-25(2)16-23-18-5-10-22-17(13-18)11-12-26(22)14-19(24-28-4)15-29-21-8-6-20(27-3)7-9-21/h5-13,16H,14-15H2,1-4H3/b23-16-,24-19-. The first kappa shape index (κ1) is 20.3. The predicted octanol–water partition coefficient (Wildman–Crippen LogP) is 3.95. The zero-order valence-corrected chi connectivity index (χ0v) is 17.2. The summed E-state index contributed by atoms with van der Waals surface area (Å²) in [5, 5.41) is 5.26. The lowest BCUT2D eigenvalue weighted by atomic mass is 10.2. The number of ether oxygens (including phenoxy) is 2. The Morgan fingerprint density at radius 2 is 1.79 bits per heavy atom. The lowest BCUT2D eigenvalue weighted by Gasteiger charge is -2.11. The summed E-state index contributed by atoms with van der Waals surface area (Å²) in [7, 11) is 7.07. The third-order valence-corrected chi connectivity index (χ3v) is 4.23. The molecule has 0 spiro atoms. The zero-order chi connectivity index (χ0) is 20.6. The van der Waals surface area contributed by atoms with E-state index in [0.29, 0.717) is 13.2 Å². The molecule has 0 atom stereocenters. The Kier molecular flexibility index (Phi) is 6.73. The Hall–Kier alpha value is -3.48. The molecule has 7 nitrogen and oxygen atoms in total. The fraction of sp³-hybridized carbons (Fsp3) is 0.273. The molecule has 0 amide bonds. The maximum Gasteiger partial charge on any atom is 0.132 e. The molecule has 0 aliphatic heterocycles. The van der Waals surface area contributed by atoms with E-state index in [2.05, 4.69) is 32.9 Å². The number of aromatic nitrogens is 1. The molecule has 1 aromatic heterocycles. The van der Waals surface area contributed by atoms with Gasteiger partial charge in [-0.1, -0.05) is 5.16 Å². The minimum Gasteiger partial charge on any atom is -0.497 e. The molecule has 0 bridgehead atoms. The molecule has 0 aliphatic carbocycles. The third-order valence-electron chi connectivity index (χ3n) is 4.23. The molecule has 0 radical (unpaired) electrons. The highest BCUT2D eigenvalue weighted by atomic mass is 16.6. The van der Waals surface area contributed by atoms with Crippen molar-refractivity contribution in [3.63, 3.8) is 0 Å². The smallest absolute Gasteiger partial charge is 0.132 e. The SMILES string of the molecule is CO/N=C(\COc1ccc(OC)cc1)Cn1ccc2cc(/N=C\N(C)C)ccc21. The van der Waals surface area contributed by atoms with E-state index in [9.17, 15) is 0 Å². The van der Waals surface area contributed by atoms with Crippen LogP contribution in [-0.4, -0.2) is 56.4 Å². The first-order valence-electron chi connectivity index (χ1n) is 9.24. The Balaban J connectivity index is 1.71. The highest BCUT2D eigenvalue weighted by Crippen LogP contribution is 2.23. The maximum atomic E-state index is 5.85. The number of rotatable bonds is 9. The number of hydrogen-bond acceptors (Lipinski definition) is 5. The number of oxime groups is 1. The van der Waals surface area contributed by atoms with E-state index in [0.717, 1.165) is 33.8 Å². The van der Waals surface area contributed by atoms with Gasteiger partial charge in [-0.05, 0) is 48.5 Å². The van der Waals surface area contributed by atoms with E-state index in [1.165, 1.54) is 7.11 Å². The van der Waals surface area contributed by atoms with Crippen LogP contribution >= 0.6 is 0 Å². The van der Waals surface area contributed by atoms with Crippen LogP contribution in [0.3, 0.4) is 0 Å². The predicted molar refractivity (Wildman–Crippen MR) is 117 cm³/mol. The van der Waals surface area contributed by atoms with Crippen LogP contribution in [0.5, 0.6) is 11.5 Å². The van der Waals surface area contributed by atoms with Crippen molar-refractivity contribution in [3.8, 4) is 11.5 Å². The van der Waals surface area contributed by atoms with Crippen LogP contribution in [0.4, 0.5) is 5.69 Å². The summed E-state index contributed by atoms with van der Waals surface area (Å²) in [6.45, 7) is 0.888. The van der Waals surface area contributed by atoms with Gasteiger partial charge in [0.05, 0.1) is 25.7 Å². The fourth-order valence-electron chi connectivity index (χ4n) is 2.85. The zero-order valence-electron chi connectivity index (χ0n) is 17.2. The molecule has 0 unspecified atom stereocenters. The summed E-state index contributed by atoms with van der Waals surface area (Å²) >= 11 is 0. The molecule has 0 saturated carbocycles. The van der Waals surface area contributed by atoms with E-state index in [1.54, 1.807) is 13.4 Å². The average Bonchev–Trinajstić information content (AvgIpc) is 3.13. The number of aliphatic imine (C=N–C) groups is 1. The van der Waals surface area contributed by atoms with E-state index in [1.807, 2.05) is 55.5 Å². The van der Waals surface area contributed by atoms with Crippen molar-refractivity contribution in [1.82, 2.24) is 9.47 Å². The van der Waals surface area contributed by atoms with Crippen LogP contribution in [0.1, 0.15) is 0 Å². The quantitative estimate of drug-likeness (QED) is 0.313. The van der Waals surface area contributed by atoms with Crippen molar-refractivity contribution >= 4 is 28.6 Å². The summed E-state index contributed by atoms with van der Waals surface area (Å²) in [4.78, 5) is 11.4. The highest BCUT2D eigenvalue weighted by Gasteiger charge is 2.08. The van der Waals surface area contributed by atoms with Crippen molar-refractivity contribution in [2.45, 2.75) is 6.54 Å². The van der Waals surface area contributed by atoms with E-state index in [4.69, 9.17) is 14.3 Å². The molecule has 29 heavy (non-hydrogen) atoms. The van der Waals surface area contributed by atoms with Gasteiger partial charge < -0.3 is 23.8 Å². The van der Waals surface area contributed by atoms with Gasteiger partial charge in [0.2, 0.25) is 0 Å². The highest BCUT2D eigenvalue weighted by molar-refractivity contribution is 5.89. The molecule has 152 valence electrons. The Labute approximate surface area is 170 Å². The average molecular weight is 394 g/mol. The number of benzene rings is 2. The second-order valence-corrected chi connectivity index (χ2v) is 6.70. The maximum absolute atomic E-state index is 5.85. The number of hydrogen-bond donors (Lipinski definition) is 0. The molecule has 3 rings (SSSR count). The summed E-state index contributed by atoms with van der Waals surface area (Å²) in [6.07, 6.45) is 3.82. The number of fused-ring (bicyclic) bond motifs is 1. The van der Waals surface area contributed by atoms with Crippen LogP contribution in [0.25, 0.3) is 10.9 Å². The van der Waals surface area contributed by atoms with Gasteiger partial charge in [0.1, 0.15) is 30.9 Å². The topological polar surface area (TPSA) is 60.6 Å². The fourth-order valence-corrected chi connectivity index (χ4v) is 2.85. The van der Waals surface area contributed by atoms with Crippen molar-refractivity contribution in [2.24, 2.45) is 10.1 Å². The van der Waals surface area contributed by atoms with Crippen LogP contribution in [0.15, 0.2) is 64.9 Å². The molecule has 0 aliphatic rings. The van der Waals surface area contributed by atoms with Crippen molar-refractivity contribution in [1.29, 1.82) is 0 Å². The van der Waals surface area contributed by atoms with E-state index in [-0.39, 0.29) is 0 Å². The summed E-state index contributed by atoms with van der Waals surface area (Å²) in [5.74, 6) is 1.53. The Morgan fingerprint density at radius 1 is 1.03 bits per heavy atom. The second kappa shape index (κ2) is 9.64. The summed E-state index contributed by atoms with van der Waals surface area (Å²) < 4.78 is 13.1. The molecule has 0 fully saturated rings. The van der Waals surface area contributed by atoms with Gasteiger partial charge in [-0.2, -0.15) is 0 Å². The molecule has 2 aromatic carbocycles. The van der Waals surface area contributed by atoms with E-state index >= 15 is 0 Å². The Morgan fingerprint density at radius 3 is 2.48 bits per heavy atom. The molecular formula is C22H26N4O3. The van der Waals surface area contributed by atoms with Crippen LogP contribution in [0.2, 0.25) is 0 Å². The van der Waals surface area contributed by atoms with Gasteiger partial charge in [0, 0.05) is 31.2 Å². The number of nitrogens with zero attached hydrogens (tertiary/aromatic N) is 4. The Bertz CT molecular complexity index is 991. The van der Waals surface area contributed by atoms with Gasteiger partial charge >= 0.3 is 0 Å². The molecule has 3 aromatic rings.